The Bertz CT molecular complexity index is 698. The van der Waals surface area contributed by atoms with E-state index in [0.29, 0.717) is 30.7 Å². The van der Waals surface area contributed by atoms with E-state index in [-0.39, 0.29) is 5.91 Å². The van der Waals surface area contributed by atoms with Crippen LogP contribution in [-0.4, -0.2) is 33.6 Å². The minimum atomic E-state index is 0.242. The first kappa shape index (κ1) is 15.4. The van der Waals surface area contributed by atoms with Crippen molar-refractivity contribution in [1.82, 2.24) is 15.1 Å². The number of carbonyl (C=O) groups excluding carboxylic acids is 1. The number of carbonyl (C=O) groups is 1. The van der Waals surface area contributed by atoms with Gasteiger partial charge in [-0.25, -0.2) is 0 Å². The maximum atomic E-state index is 12.4. The van der Waals surface area contributed by atoms with E-state index in [1.165, 1.54) is 24.8 Å². The van der Waals surface area contributed by atoms with Crippen LogP contribution in [0.2, 0.25) is 0 Å². The van der Waals surface area contributed by atoms with Gasteiger partial charge in [-0.1, -0.05) is 30.3 Å². The first-order chi connectivity index (χ1) is 11.8. The predicted octanol–water partition coefficient (Wildman–Crippen LogP) is 2.80. The summed E-state index contributed by atoms with van der Waals surface area (Å²) >= 11 is 0. The molecule has 1 amide bonds. The number of hydrogen-bond donors (Lipinski definition) is 0. The molecule has 1 saturated carbocycles. The summed E-state index contributed by atoms with van der Waals surface area (Å²) in [5.74, 6) is 2.22. The van der Waals surface area contributed by atoms with Crippen LogP contribution in [0.4, 0.5) is 0 Å². The predicted molar refractivity (Wildman–Crippen MR) is 89.3 cm³/mol. The molecule has 2 aromatic rings. The van der Waals surface area contributed by atoms with E-state index < -0.39 is 0 Å². The Hall–Kier alpha value is -2.17. The quantitative estimate of drug-likeness (QED) is 0.819. The van der Waals surface area contributed by atoms with Gasteiger partial charge >= 0.3 is 0 Å². The van der Waals surface area contributed by atoms with Crippen molar-refractivity contribution in [3.05, 3.63) is 47.7 Å². The summed E-state index contributed by atoms with van der Waals surface area (Å²) in [5, 5.41) is 8.19. The SMILES string of the molecule is O=C(CCc1nnc(CCc2ccccc2)o1)N1C[C@H]2CC[C@H]1C2. The van der Waals surface area contributed by atoms with Gasteiger partial charge in [0.25, 0.3) is 0 Å². The van der Waals surface area contributed by atoms with E-state index in [1.54, 1.807) is 0 Å². The molecule has 0 N–H and O–H groups in total. The number of amides is 1. The molecule has 2 heterocycles. The molecule has 126 valence electrons. The van der Waals surface area contributed by atoms with Crippen LogP contribution >= 0.6 is 0 Å². The van der Waals surface area contributed by atoms with Gasteiger partial charge < -0.3 is 9.32 Å². The highest BCUT2D eigenvalue weighted by molar-refractivity contribution is 5.77. The Labute approximate surface area is 142 Å². The van der Waals surface area contributed by atoms with Crippen LogP contribution < -0.4 is 0 Å². The molecule has 0 spiro atoms. The largest absolute Gasteiger partial charge is 0.425 e. The molecule has 1 aromatic carbocycles. The third-order valence-electron chi connectivity index (χ3n) is 5.26. The highest BCUT2D eigenvalue weighted by Gasteiger charge is 2.39. The van der Waals surface area contributed by atoms with Crippen molar-refractivity contribution in [2.24, 2.45) is 5.92 Å². The molecule has 1 saturated heterocycles. The Kier molecular flexibility index (Phi) is 4.32. The lowest BCUT2D eigenvalue weighted by Gasteiger charge is -2.26. The molecular weight excluding hydrogens is 302 g/mol. The molecule has 1 aliphatic heterocycles. The molecular formula is C19H23N3O2. The summed E-state index contributed by atoms with van der Waals surface area (Å²) in [6.45, 7) is 0.954. The van der Waals surface area contributed by atoms with E-state index >= 15 is 0 Å². The number of benzene rings is 1. The number of fused-ring (bicyclic) bond motifs is 2. The van der Waals surface area contributed by atoms with E-state index in [2.05, 4.69) is 27.2 Å². The minimum Gasteiger partial charge on any atom is -0.425 e. The molecule has 2 bridgehead atoms. The van der Waals surface area contributed by atoms with Crippen LogP contribution in [0.25, 0.3) is 0 Å². The van der Waals surface area contributed by atoms with E-state index in [1.807, 2.05) is 18.2 Å². The first-order valence-corrected chi connectivity index (χ1v) is 8.92. The summed E-state index contributed by atoms with van der Waals surface area (Å²) in [6, 6.07) is 10.8. The third-order valence-corrected chi connectivity index (χ3v) is 5.26. The summed E-state index contributed by atoms with van der Waals surface area (Å²) < 4.78 is 5.69. The lowest BCUT2D eigenvalue weighted by atomic mass is 10.1. The van der Waals surface area contributed by atoms with Gasteiger partial charge in [-0.3, -0.25) is 4.79 Å². The minimum absolute atomic E-state index is 0.242. The molecule has 2 fully saturated rings. The summed E-state index contributed by atoms with van der Waals surface area (Å²) in [5.41, 5.74) is 1.26. The van der Waals surface area contributed by atoms with Gasteiger partial charge in [0.15, 0.2) is 0 Å². The van der Waals surface area contributed by atoms with Crippen molar-refractivity contribution < 1.29 is 9.21 Å². The average Bonchev–Trinajstić information content (AvgIpc) is 3.35. The highest BCUT2D eigenvalue weighted by atomic mass is 16.4. The van der Waals surface area contributed by atoms with Crippen LogP contribution in [0.3, 0.4) is 0 Å². The topological polar surface area (TPSA) is 59.2 Å². The second-order valence-electron chi connectivity index (χ2n) is 6.95. The normalized spacial score (nSPS) is 22.2. The van der Waals surface area contributed by atoms with Crippen molar-refractivity contribution in [3.8, 4) is 0 Å². The zero-order chi connectivity index (χ0) is 16.4. The number of piperidine rings is 1. The zero-order valence-corrected chi connectivity index (χ0v) is 13.9. The third kappa shape index (κ3) is 3.35. The number of nitrogens with zero attached hydrogens (tertiary/aromatic N) is 3. The average molecular weight is 325 g/mol. The maximum absolute atomic E-state index is 12.4. The Morgan fingerprint density at radius 3 is 2.58 bits per heavy atom. The van der Waals surface area contributed by atoms with Gasteiger partial charge in [0.05, 0.1) is 0 Å². The Morgan fingerprint density at radius 1 is 1.08 bits per heavy atom. The summed E-state index contributed by atoms with van der Waals surface area (Å²) in [7, 11) is 0. The molecule has 0 unspecified atom stereocenters. The fraction of sp³-hybridized carbons (Fsp3) is 0.526. The maximum Gasteiger partial charge on any atom is 0.223 e. The van der Waals surface area contributed by atoms with Crippen LogP contribution in [0.5, 0.6) is 0 Å². The second kappa shape index (κ2) is 6.75. The monoisotopic (exact) mass is 325 g/mol. The molecule has 5 heteroatoms. The zero-order valence-electron chi connectivity index (χ0n) is 13.9. The van der Waals surface area contributed by atoms with Crippen molar-refractivity contribution >= 4 is 5.91 Å². The summed E-state index contributed by atoms with van der Waals surface area (Å²) in [4.78, 5) is 14.4. The second-order valence-corrected chi connectivity index (χ2v) is 6.95. The molecule has 1 aliphatic carbocycles. The molecule has 5 nitrogen and oxygen atoms in total. The van der Waals surface area contributed by atoms with E-state index in [4.69, 9.17) is 4.42 Å². The number of aromatic nitrogens is 2. The van der Waals surface area contributed by atoms with Crippen LogP contribution in [-0.2, 0) is 24.1 Å². The van der Waals surface area contributed by atoms with Crippen LogP contribution in [0, 0.1) is 5.92 Å². The number of aryl methyl sites for hydroxylation is 3. The number of likely N-dealkylation sites (tertiary alicyclic amines) is 1. The molecule has 2 atom stereocenters. The molecule has 1 aromatic heterocycles. The van der Waals surface area contributed by atoms with Crippen molar-refractivity contribution in [2.45, 2.75) is 51.0 Å². The summed E-state index contributed by atoms with van der Waals surface area (Å²) in [6.07, 6.45) is 6.33. The lowest BCUT2D eigenvalue weighted by Crippen LogP contribution is -2.37. The van der Waals surface area contributed by atoms with Gasteiger partial charge in [0.2, 0.25) is 17.7 Å². The van der Waals surface area contributed by atoms with E-state index in [9.17, 15) is 4.79 Å². The standard InChI is InChI=1S/C19H23N3O2/c23-19(22-13-15-6-8-16(22)12-15)11-10-18-21-20-17(24-18)9-7-14-4-2-1-3-5-14/h1-5,15-16H,6-13H2/t15-,16-/m0/s1. The fourth-order valence-electron chi connectivity index (χ4n) is 3.97. The Balaban J connectivity index is 1.25. The number of rotatable bonds is 6. The lowest BCUT2D eigenvalue weighted by molar-refractivity contribution is -0.132. The van der Waals surface area contributed by atoms with Crippen molar-refractivity contribution in [3.63, 3.8) is 0 Å². The van der Waals surface area contributed by atoms with Gasteiger partial charge in [0, 0.05) is 31.8 Å². The fourth-order valence-corrected chi connectivity index (χ4v) is 3.97. The molecule has 24 heavy (non-hydrogen) atoms. The highest BCUT2D eigenvalue weighted by Crippen LogP contribution is 2.37. The van der Waals surface area contributed by atoms with E-state index in [0.717, 1.165) is 25.3 Å². The van der Waals surface area contributed by atoms with Gasteiger partial charge in [-0.2, -0.15) is 0 Å². The number of hydrogen-bond acceptors (Lipinski definition) is 4. The van der Waals surface area contributed by atoms with Crippen molar-refractivity contribution in [1.29, 1.82) is 0 Å². The first-order valence-electron chi connectivity index (χ1n) is 8.92. The van der Waals surface area contributed by atoms with Crippen LogP contribution in [0.15, 0.2) is 34.7 Å². The van der Waals surface area contributed by atoms with Gasteiger partial charge in [-0.05, 0) is 37.2 Å². The van der Waals surface area contributed by atoms with Gasteiger partial charge in [-0.15, -0.1) is 10.2 Å². The Morgan fingerprint density at radius 2 is 1.88 bits per heavy atom. The van der Waals surface area contributed by atoms with Gasteiger partial charge in [0.1, 0.15) is 0 Å². The molecule has 0 radical (unpaired) electrons. The van der Waals surface area contributed by atoms with Crippen molar-refractivity contribution in [2.75, 3.05) is 6.54 Å². The van der Waals surface area contributed by atoms with Crippen LogP contribution in [0.1, 0.15) is 43.0 Å². The molecule has 4 rings (SSSR count). The molecule has 2 aliphatic rings. The smallest absolute Gasteiger partial charge is 0.223 e.